The highest BCUT2D eigenvalue weighted by Gasteiger charge is 2.29. The van der Waals surface area contributed by atoms with E-state index in [0.717, 1.165) is 12.8 Å². The average molecular weight is 241 g/mol. The molecule has 0 saturated heterocycles. The molecule has 0 radical (unpaired) electrons. The van der Waals surface area contributed by atoms with Crippen molar-refractivity contribution in [2.24, 2.45) is 0 Å². The zero-order chi connectivity index (χ0) is 13.1. The number of nitrogens with one attached hydrogen (secondary N) is 2. The summed E-state index contributed by atoms with van der Waals surface area (Å²) in [6.07, 6.45) is 2.21. The Kier molecular flexibility index (Phi) is 4.51. The van der Waals surface area contributed by atoms with Crippen LogP contribution in [0, 0.1) is 0 Å². The smallest absolute Gasteiger partial charge is 0.236 e. The molecular formula is C12H23N3O2. The number of carbonyl (C=O) groups is 2. The van der Waals surface area contributed by atoms with E-state index in [1.807, 2.05) is 27.8 Å². The van der Waals surface area contributed by atoms with Crippen LogP contribution >= 0.6 is 0 Å². The van der Waals surface area contributed by atoms with Gasteiger partial charge in [0.1, 0.15) is 0 Å². The van der Waals surface area contributed by atoms with Crippen LogP contribution in [-0.4, -0.2) is 48.4 Å². The highest BCUT2D eigenvalue weighted by molar-refractivity contribution is 5.81. The molecule has 17 heavy (non-hydrogen) atoms. The molecule has 0 atom stereocenters. The molecule has 2 amide bonds. The van der Waals surface area contributed by atoms with Gasteiger partial charge in [0.15, 0.2) is 0 Å². The fourth-order valence-corrected chi connectivity index (χ4v) is 1.54. The lowest BCUT2D eigenvalue weighted by Crippen LogP contribution is -2.46. The second kappa shape index (κ2) is 5.49. The molecule has 0 unspecified atom stereocenters. The maximum atomic E-state index is 11.6. The van der Waals surface area contributed by atoms with Gasteiger partial charge in [-0.2, -0.15) is 0 Å². The molecule has 0 spiro atoms. The third kappa shape index (κ3) is 5.68. The second-order valence-corrected chi connectivity index (χ2v) is 5.64. The van der Waals surface area contributed by atoms with Gasteiger partial charge in [0.2, 0.25) is 11.8 Å². The van der Waals surface area contributed by atoms with Crippen LogP contribution in [0.25, 0.3) is 0 Å². The van der Waals surface area contributed by atoms with E-state index >= 15 is 0 Å². The highest BCUT2D eigenvalue weighted by Crippen LogP contribution is 2.24. The van der Waals surface area contributed by atoms with Crippen LogP contribution in [0.2, 0.25) is 0 Å². The predicted octanol–water partition coefficient (Wildman–Crippen LogP) is 0.112. The Hall–Kier alpha value is -1.10. The average Bonchev–Trinajstić information content (AvgIpc) is 2.96. The second-order valence-electron chi connectivity index (χ2n) is 5.64. The van der Waals surface area contributed by atoms with E-state index in [1.54, 1.807) is 4.90 Å². The largest absolute Gasteiger partial charge is 0.350 e. The first-order chi connectivity index (χ1) is 7.79. The lowest BCUT2D eigenvalue weighted by Gasteiger charge is -2.21. The minimum absolute atomic E-state index is 0.0519. The zero-order valence-electron chi connectivity index (χ0n) is 11.2. The molecule has 1 aliphatic carbocycles. The van der Waals surface area contributed by atoms with Crippen LogP contribution in [-0.2, 0) is 9.59 Å². The number of hydrogen-bond acceptors (Lipinski definition) is 3. The zero-order valence-corrected chi connectivity index (χ0v) is 11.2. The van der Waals surface area contributed by atoms with Gasteiger partial charge in [-0.3, -0.25) is 14.9 Å². The molecule has 1 saturated carbocycles. The molecular weight excluding hydrogens is 218 g/mol. The van der Waals surface area contributed by atoms with Crippen molar-refractivity contribution in [2.45, 2.75) is 45.2 Å². The molecule has 0 aromatic heterocycles. The van der Waals surface area contributed by atoms with E-state index in [1.165, 1.54) is 0 Å². The van der Waals surface area contributed by atoms with Crippen LogP contribution in [0.4, 0.5) is 0 Å². The minimum atomic E-state index is -0.229. The Morgan fingerprint density at radius 1 is 1.24 bits per heavy atom. The SMILES string of the molecule is CN(C(=O)CNCC(=O)NC(C)(C)C)C1CC1. The van der Waals surface area contributed by atoms with E-state index in [4.69, 9.17) is 0 Å². The van der Waals surface area contributed by atoms with Crippen molar-refractivity contribution in [3.8, 4) is 0 Å². The van der Waals surface area contributed by atoms with Crippen molar-refractivity contribution >= 4 is 11.8 Å². The molecule has 2 N–H and O–H groups in total. The highest BCUT2D eigenvalue weighted by atomic mass is 16.2. The summed E-state index contributed by atoms with van der Waals surface area (Å²) in [4.78, 5) is 24.8. The summed E-state index contributed by atoms with van der Waals surface area (Å²) in [6.45, 7) is 6.19. The number of nitrogens with zero attached hydrogens (tertiary/aromatic N) is 1. The van der Waals surface area contributed by atoms with E-state index in [9.17, 15) is 9.59 Å². The summed E-state index contributed by atoms with van der Waals surface area (Å²) >= 11 is 0. The Balaban J connectivity index is 2.14. The fourth-order valence-electron chi connectivity index (χ4n) is 1.54. The molecule has 0 bridgehead atoms. The standard InChI is InChI=1S/C12H23N3O2/c1-12(2,3)14-10(16)7-13-8-11(17)15(4)9-5-6-9/h9,13H,5-8H2,1-4H3,(H,14,16). The van der Waals surface area contributed by atoms with Gasteiger partial charge in [0, 0.05) is 18.6 Å². The van der Waals surface area contributed by atoms with Crippen LogP contribution in [0.5, 0.6) is 0 Å². The lowest BCUT2D eigenvalue weighted by molar-refractivity contribution is -0.129. The van der Waals surface area contributed by atoms with Crippen LogP contribution < -0.4 is 10.6 Å². The van der Waals surface area contributed by atoms with E-state index in [-0.39, 0.29) is 30.4 Å². The van der Waals surface area contributed by atoms with Gasteiger partial charge in [0.25, 0.3) is 0 Å². The van der Waals surface area contributed by atoms with Gasteiger partial charge < -0.3 is 10.2 Å². The molecule has 0 aromatic carbocycles. The Bertz CT molecular complexity index is 293. The normalized spacial score (nSPS) is 15.5. The summed E-state index contributed by atoms with van der Waals surface area (Å²) in [7, 11) is 1.82. The van der Waals surface area contributed by atoms with Gasteiger partial charge in [-0.1, -0.05) is 0 Å². The first-order valence-electron chi connectivity index (χ1n) is 6.07. The van der Waals surface area contributed by atoms with Gasteiger partial charge >= 0.3 is 0 Å². The number of rotatable bonds is 5. The summed E-state index contributed by atoms with van der Waals surface area (Å²) in [5.41, 5.74) is -0.229. The molecule has 0 aliphatic heterocycles. The van der Waals surface area contributed by atoms with Crippen molar-refractivity contribution < 1.29 is 9.59 Å². The van der Waals surface area contributed by atoms with Gasteiger partial charge in [-0.15, -0.1) is 0 Å². The molecule has 5 heteroatoms. The minimum Gasteiger partial charge on any atom is -0.350 e. The fraction of sp³-hybridized carbons (Fsp3) is 0.833. The monoisotopic (exact) mass is 241 g/mol. The molecule has 1 aliphatic rings. The topological polar surface area (TPSA) is 61.4 Å². The summed E-state index contributed by atoms with van der Waals surface area (Å²) in [6, 6.07) is 0.424. The van der Waals surface area contributed by atoms with Gasteiger partial charge in [0.05, 0.1) is 13.1 Å². The number of carbonyl (C=O) groups excluding carboxylic acids is 2. The summed E-state index contributed by atoms with van der Waals surface area (Å²) in [5.74, 6) is -0.0320. The van der Waals surface area contributed by atoms with E-state index in [0.29, 0.717) is 6.04 Å². The first-order valence-corrected chi connectivity index (χ1v) is 6.07. The van der Waals surface area contributed by atoms with Crippen molar-refractivity contribution in [1.82, 2.24) is 15.5 Å². The number of amides is 2. The molecule has 0 heterocycles. The van der Waals surface area contributed by atoms with Crippen molar-refractivity contribution in [1.29, 1.82) is 0 Å². The lowest BCUT2D eigenvalue weighted by atomic mass is 10.1. The van der Waals surface area contributed by atoms with Crippen molar-refractivity contribution in [3.63, 3.8) is 0 Å². The predicted molar refractivity (Wildman–Crippen MR) is 66.6 cm³/mol. The molecule has 5 nitrogen and oxygen atoms in total. The molecule has 1 rings (SSSR count). The number of hydrogen-bond donors (Lipinski definition) is 2. The maximum Gasteiger partial charge on any atom is 0.236 e. The number of likely N-dealkylation sites (N-methyl/N-ethyl adjacent to an activating group) is 1. The third-order valence-electron chi connectivity index (χ3n) is 2.56. The van der Waals surface area contributed by atoms with Crippen LogP contribution in [0.15, 0.2) is 0 Å². The molecule has 0 aromatic rings. The Morgan fingerprint density at radius 2 is 1.82 bits per heavy atom. The van der Waals surface area contributed by atoms with Gasteiger partial charge in [-0.05, 0) is 33.6 Å². The van der Waals surface area contributed by atoms with Crippen LogP contribution in [0.1, 0.15) is 33.6 Å². The first kappa shape index (κ1) is 14.0. The van der Waals surface area contributed by atoms with Crippen molar-refractivity contribution in [3.05, 3.63) is 0 Å². The summed E-state index contributed by atoms with van der Waals surface area (Å²) in [5, 5.41) is 5.70. The maximum absolute atomic E-state index is 11.6. The molecule has 98 valence electrons. The summed E-state index contributed by atoms with van der Waals surface area (Å²) < 4.78 is 0. The van der Waals surface area contributed by atoms with Gasteiger partial charge in [-0.25, -0.2) is 0 Å². The third-order valence-corrected chi connectivity index (χ3v) is 2.56. The van der Waals surface area contributed by atoms with Crippen molar-refractivity contribution in [2.75, 3.05) is 20.1 Å². The Labute approximate surface area is 103 Å². The van der Waals surface area contributed by atoms with E-state index in [2.05, 4.69) is 10.6 Å². The quantitative estimate of drug-likeness (QED) is 0.718. The van der Waals surface area contributed by atoms with E-state index < -0.39 is 0 Å². The molecule has 1 fully saturated rings. The Morgan fingerprint density at radius 3 is 2.29 bits per heavy atom. The van der Waals surface area contributed by atoms with Crippen LogP contribution in [0.3, 0.4) is 0 Å².